The normalized spacial score (nSPS) is 12.0. The molecule has 0 saturated carbocycles. The Labute approximate surface area is 112 Å². The highest BCUT2D eigenvalue weighted by Crippen LogP contribution is 2.09. The van der Waals surface area contributed by atoms with Gasteiger partial charge in [-0.05, 0) is 26.0 Å². The molecule has 6 nitrogen and oxygen atoms in total. The largest absolute Gasteiger partial charge is 0.454 e. The van der Waals surface area contributed by atoms with E-state index in [0.29, 0.717) is 12.4 Å². The van der Waals surface area contributed by atoms with E-state index < -0.39 is 6.10 Å². The Morgan fingerprint density at radius 1 is 1.42 bits per heavy atom. The van der Waals surface area contributed by atoms with Gasteiger partial charge in [-0.2, -0.15) is 0 Å². The van der Waals surface area contributed by atoms with Gasteiger partial charge in [0.05, 0.1) is 6.54 Å². The Balaban J connectivity index is 2.51. The maximum absolute atomic E-state index is 11.6. The average molecular weight is 268 g/mol. The molecule has 1 N–H and O–H groups in total. The maximum atomic E-state index is 11.6. The highest BCUT2D eigenvalue weighted by atomic mass is 16.5. The van der Waals surface area contributed by atoms with Crippen LogP contribution in [0.3, 0.4) is 0 Å². The van der Waals surface area contributed by atoms with E-state index >= 15 is 0 Å². The summed E-state index contributed by atoms with van der Waals surface area (Å²) in [6.07, 6.45) is -0.497. The van der Waals surface area contributed by atoms with Crippen LogP contribution in [-0.2, 0) is 16.1 Å². The van der Waals surface area contributed by atoms with Crippen molar-refractivity contribution in [3.05, 3.63) is 23.7 Å². The third kappa shape index (κ3) is 4.40. The Morgan fingerprint density at radius 2 is 2.11 bits per heavy atom. The van der Waals surface area contributed by atoms with E-state index in [-0.39, 0.29) is 24.1 Å². The van der Waals surface area contributed by atoms with Gasteiger partial charge in [-0.1, -0.05) is 0 Å². The van der Waals surface area contributed by atoms with Crippen LogP contribution in [0.2, 0.25) is 0 Å². The van der Waals surface area contributed by atoms with Gasteiger partial charge in [0.2, 0.25) is 5.91 Å². The van der Waals surface area contributed by atoms with Crippen LogP contribution in [0, 0.1) is 0 Å². The Morgan fingerprint density at radius 3 is 2.68 bits per heavy atom. The molecule has 0 aromatic carbocycles. The number of nitrogens with one attached hydrogen (secondary N) is 1. The second-order valence-corrected chi connectivity index (χ2v) is 4.28. The molecular weight excluding hydrogens is 248 g/mol. The van der Waals surface area contributed by atoms with Crippen molar-refractivity contribution in [1.82, 2.24) is 10.2 Å². The number of nitrogens with zero attached hydrogens (tertiary/aromatic N) is 1. The summed E-state index contributed by atoms with van der Waals surface area (Å²) in [6, 6.07) is 3.26. The molecule has 0 fully saturated rings. The topological polar surface area (TPSA) is 71.8 Å². The van der Waals surface area contributed by atoms with Crippen molar-refractivity contribution in [2.75, 3.05) is 20.7 Å². The fourth-order valence-corrected chi connectivity index (χ4v) is 1.45. The van der Waals surface area contributed by atoms with Crippen LogP contribution in [0.1, 0.15) is 30.2 Å². The van der Waals surface area contributed by atoms with E-state index in [9.17, 15) is 9.59 Å². The molecular formula is C13H20N2O4. The zero-order valence-corrected chi connectivity index (χ0v) is 11.7. The number of amides is 2. The summed E-state index contributed by atoms with van der Waals surface area (Å²) < 4.78 is 10.5. The molecule has 1 aromatic heterocycles. The van der Waals surface area contributed by atoms with Crippen LogP contribution < -0.4 is 5.32 Å². The standard InChI is InChI=1S/C13H20N2O4/c1-5-18-9(2)12(16)14-8-10-6-7-11(19-10)13(17)15(3)4/h6-7,9H,5,8H2,1-4H3,(H,14,16)/t9-/m0/s1. The molecule has 0 aliphatic heterocycles. The van der Waals surface area contributed by atoms with Gasteiger partial charge in [0, 0.05) is 20.7 Å². The number of hydrogen-bond donors (Lipinski definition) is 1. The summed E-state index contributed by atoms with van der Waals surface area (Å²) in [5, 5.41) is 2.68. The zero-order valence-electron chi connectivity index (χ0n) is 11.7. The molecule has 2 amide bonds. The first kappa shape index (κ1) is 15.2. The Bertz CT molecular complexity index is 440. The van der Waals surface area contributed by atoms with Crippen molar-refractivity contribution in [3.63, 3.8) is 0 Å². The van der Waals surface area contributed by atoms with Crippen molar-refractivity contribution < 1.29 is 18.7 Å². The predicted octanol–water partition coefficient (Wildman–Crippen LogP) is 1.02. The van der Waals surface area contributed by atoms with Gasteiger partial charge in [0.15, 0.2) is 5.76 Å². The molecule has 0 radical (unpaired) electrons. The summed E-state index contributed by atoms with van der Waals surface area (Å²) in [7, 11) is 3.30. The van der Waals surface area contributed by atoms with Crippen LogP contribution in [0.25, 0.3) is 0 Å². The van der Waals surface area contributed by atoms with E-state index in [1.54, 1.807) is 33.2 Å². The third-order valence-electron chi connectivity index (χ3n) is 2.50. The maximum Gasteiger partial charge on any atom is 0.289 e. The van der Waals surface area contributed by atoms with Crippen LogP contribution in [0.5, 0.6) is 0 Å². The van der Waals surface area contributed by atoms with Crippen molar-refractivity contribution in [3.8, 4) is 0 Å². The fraction of sp³-hybridized carbons (Fsp3) is 0.538. The Kier molecular flexibility index (Phi) is 5.57. The second kappa shape index (κ2) is 6.94. The molecule has 1 rings (SSSR count). The summed E-state index contributed by atoms with van der Waals surface area (Å²) >= 11 is 0. The number of carbonyl (C=O) groups is 2. The molecule has 0 aliphatic rings. The van der Waals surface area contributed by atoms with Gasteiger partial charge in [-0.15, -0.1) is 0 Å². The van der Waals surface area contributed by atoms with Crippen molar-refractivity contribution >= 4 is 11.8 Å². The highest BCUT2D eigenvalue weighted by molar-refractivity contribution is 5.91. The van der Waals surface area contributed by atoms with Gasteiger partial charge in [0.25, 0.3) is 5.91 Å². The van der Waals surface area contributed by atoms with E-state index in [4.69, 9.17) is 9.15 Å². The third-order valence-corrected chi connectivity index (χ3v) is 2.50. The van der Waals surface area contributed by atoms with E-state index in [0.717, 1.165) is 0 Å². The molecule has 0 spiro atoms. The first-order valence-electron chi connectivity index (χ1n) is 6.15. The summed E-state index contributed by atoms with van der Waals surface area (Å²) in [5.41, 5.74) is 0. The fourth-order valence-electron chi connectivity index (χ4n) is 1.45. The molecule has 1 aromatic rings. The van der Waals surface area contributed by atoms with Gasteiger partial charge >= 0.3 is 0 Å². The first-order chi connectivity index (χ1) is 8.95. The number of carbonyl (C=O) groups excluding carboxylic acids is 2. The van der Waals surface area contributed by atoms with E-state index in [2.05, 4.69) is 5.32 Å². The highest BCUT2D eigenvalue weighted by Gasteiger charge is 2.15. The molecule has 1 heterocycles. The minimum atomic E-state index is -0.497. The van der Waals surface area contributed by atoms with Gasteiger partial charge in [-0.25, -0.2) is 0 Å². The SMILES string of the molecule is CCO[C@@H](C)C(=O)NCc1ccc(C(=O)N(C)C)o1. The lowest BCUT2D eigenvalue weighted by Crippen LogP contribution is -2.33. The molecule has 106 valence electrons. The quantitative estimate of drug-likeness (QED) is 0.836. The lowest BCUT2D eigenvalue weighted by molar-refractivity contribution is -0.131. The molecule has 1 atom stereocenters. The van der Waals surface area contributed by atoms with Gasteiger partial charge in [-0.3, -0.25) is 9.59 Å². The van der Waals surface area contributed by atoms with Crippen molar-refractivity contribution in [1.29, 1.82) is 0 Å². The van der Waals surface area contributed by atoms with E-state index in [1.807, 2.05) is 6.92 Å². The molecule has 6 heteroatoms. The number of furan rings is 1. The minimum Gasteiger partial charge on any atom is -0.454 e. The number of rotatable bonds is 6. The van der Waals surface area contributed by atoms with Crippen molar-refractivity contribution in [2.24, 2.45) is 0 Å². The molecule has 0 unspecified atom stereocenters. The number of ether oxygens (including phenoxy) is 1. The first-order valence-corrected chi connectivity index (χ1v) is 6.15. The number of hydrogen-bond acceptors (Lipinski definition) is 4. The second-order valence-electron chi connectivity index (χ2n) is 4.28. The van der Waals surface area contributed by atoms with Crippen LogP contribution in [-0.4, -0.2) is 43.5 Å². The monoisotopic (exact) mass is 268 g/mol. The lowest BCUT2D eigenvalue weighted by atomic mass is 10.3. The van der Waals surface area contributed by atoms with E-state index in [1.165, 1.54) is 4.90 Å². The van der Waals surface area contributed by atoms with Crippen molar-refractivity contribution in [2.45, 2.75) is 26.5 Å². The van der Waals surface area contributed by atoms with Gasteiger partial charge in [0.1, 0.15) is 11.9 Å². The predicted molar refractivity (Wildman–Crippen MR) is 69.7 cm³/mol. The smallest absolute Gasteiger partial charge is 0.289 e. The van der Waals surface area contributed by atoms with Gasteiger partial charge < -0.3 is 19.4 Å². The molecule has 0 aliphatic carbocycles. The van der Waals surface area contributed by atoms with Crippen LogP contribution in [0.15, 0.2) is 16.5 Å². The minimum absolute atomic E-state index is 0.208. The summed E-state index contributed by atoms with van der Waals surface area (Å²) in [6.45, 7) is 4.23. The Hall–Kier alpha value is -1.82. The molecule has 0 bridgehead atoms. The zero-order chi connectivity index (χ0) is 14.4. The molecule has 19 heavy (non-hydrogen) atoms. The average Bonchev–Trinajstić information content (AvgIpc) is 2.83. The summed E-state index contributed by atoms with van der Waals surface area (Å²) in [5.74, 6) is 0.369. The molecule has 0 saturated heterocycles. The summed E-state index contributed by atoms with van der Waals surface area (Å²) in [4.78, 5) is 24.6. The van der Waals surface area contributed by atoms with Crippen LogP contribution in [0.4, 0.5) is 0 Å². The van der Waals surface area contributed by atoms with Crippen LogP contribution >= 0.6 is 0 Å². The lowest BCUT2D eigenvalue weighted by Gasteiger charge is -2.11.